The van der Waals surface area contributed by atoms with E-state index in [4.69, 9.17) is 5.11 Å². The van der Waals surface area contributed by atoms with Crippen molar-refractivity contribution in [3.8, 4) is 0 Å². The molecule has 4 nitrogen and oxygen atoms in total. The van der Waals surface area contributed by atoms with Gasteiger partial charge in [-0.05, 0) is 12.8 Å². The Morgan fingerprint density at radius 2 is 1.75 bits per heavy atom. The molecule has 0 aliphatic carbocycles. The van der Waals surface area contributed by atoms with E-state index >= 15 is 0 Å². The molecule has 0 spiro atoms. The molecule has 4 N–H and O–H groups in total. The normalized spacial score (nSPS) is 52.8. The zero-order valence-corrected chi connectivity index (χ0v) is 6.85. The van der Waals surface area contributed by atoms with Crippen LogP contribution in [0.4, 0.5) is 0 Å². The highest BCUT2D eigenvalue weighted by molar-refractivity contribution is 5.02. The van der Waals surface area contributed by atoms with Crippen LogP contribution < -0.4 is 5.32 Å². The number of piperidine rings is 1. The average Bonchev–Trinajstić information content (AvgIpc) is 2.49. The molecule has 70 valence electrons. The Kier molecular flexibility index (Phi) is 2.08. The lowest BCUT2D eigenvalue weighted by molar-refractivity contribution is -0.0723. The molecule has 0 aromatic heterocycles. The van der Waals surface area contributed by atoms with Gasteiger partial charge in [0.15, 0.2) is 0 Å². The molecule has 0 amide bonds. The van der Waals surface area contributed by atoms with Crippen molar-refractivity contribution in [1.82, 2.24) is 5.32 Å². The molecule has 0 aromatic rings. The number of fused-ring (bicyclic) bond motifs is 2. The summed E-state index contributed by atoms with van der Waals surface area (Å²) < 4.78 is 0. The van der Waals surface area contributed by atoms with Gasteiger partial charge in [-0.25, -0.2) is 0 Å². The number of aliphatic hydroxyl groups is 3. The van der Waals surface area contributed by atoms with Crippen LogP contribution in [0.2, 0.25) is 0 Å². The monoisotopic (exact) mass is 173 g/mol. The molecule has 0 unspecified atom stereocenters. The first-order chi connectivity index (χ1) is 5.74. The van der Waals surface area contributed by atoms with Gasteiger partial charge >= 0.3 is 0 Å². The summed E-state index contributed by atoms with van der Waals surface area (Å²) in [7, 11) is 0. The van der Waals surface area contributed by atoms with E-state index in [9.17, 15) is 10.2 Å². The number of rotatable bonds is 1. The molecule has 2 bridgehead atoms. The van der Waals surface area contributed by atoms with Gasteiger partial charge in [0.2, 0.25) is 0 Å². The van der Waals surface area contributed by atoms with Crippen molar-refractivity contribution in [1.29, 1.82) is 0 Å². The predicted molar refractivity (Wildman–Crippen MR) is 42.5 cm³/mol. The van der Waals surface area contributed by atoms with Gasteiger partial charge in [0.1, 0.15) is 0 Å². The molecular weight excluding hydrogens is 158 g/mol. The molecule has 0 aromatic carbocycles. The molecule has 0 radical (unpaired) electrons. The van der Waals surface area contributed by atoms with Crippen LogP contribution in [0.1, 0.15) is 12.8 Å². The van der Waals surface area contributed by atoms with Crippen molar-refractivity contribution in [3.63, 3.8) is 0 Å². The number of hydrogen-bond donors (Lipinski definition) is 4. The summed E-state index contributed by atoms with van der Waals surface area (Å²) in [5.41, 5.74) is 0. The quantitative estimate of drug-likeness (QED) is 0.387. The molecule has 2 saturated heterocycles. The van der Waals surface area contributed by atoms with Crippen LogP contribution in [0.25, 0.3) is 0 Å². The Labute approximate surface area is 71.2 Å². The number of hydrogen-bond acceptors (Lipinski definition) is 4. The van der Waals surface area contributed by atoms with E-state index < -0.39 is 12.2 Å². The molecular formula is C8H15NO3. The molecule has 2 aliphatic rings. The minimum Gasteiger partial charge on any atom is -0.396 e. The van der Waals surface area contributed by atoms with Crippen LogP contribution in [-0.4, -0.2) is 46.2 Å². The van der Waals surface area contributed by atoms with Crippen LogP contribution in [0, 0.1) is 5.92 Å². The van der Waals surface area contributed by atoms with E-state index in [1.54, 1.807) is 0 Å². The van der Waals surface area contributed by atoms with Crippen LogP contribution >= 0.6 is 0 Å². The second-order valence-corrected chi connectivity index (χ2v) is 3.78. The lowest BCUT2D eigenvalue weighted by Gasteiger charge is -2.37. The second kappa shape index (κ2) is 2.96. The third-order valence-electron chi connectivity index (χ3n) is 3.15. The fourth-order valence-electron chi connectivity index (χ4n) is 2.37. The van der Waals surface area contributed by atoms with E-state index in [2.05, 4.69) is 5.32 Å². The molecule has 12 heavy (non-hydrogen) atoms. The summed E-state index contributed by atoms with van der Waals surface area (Å²) in [6.07, 6.45) is 0.387. The number of nitrogens with one attached hydrogen (secondary N) is 1. The fraction of sp³-hybridized carbons (Fsp3) is 1.00. The zero-order chi connectivity index (χ0) is 8.72. The number of aliphatic hydroxyl groups excluding tert-OH is 3. The fourth-order valence-corrected chi connectivity index (χ4v) is 2.37. The first-order valence-electron chi connectivity index (χ1n) is 4.47. The largest absolute Gasteiger partial charge is 0.396 e. The molecule has 2 aliphatic heterocycles. The maximum absolute atomic E-state index is 9.57. The van der Waals surface area contributed by atoms with E-state index in [1.807, 2.05) is 0 Å². The smallest absolute Gasteiger partial charge is 0.0955 e. The summed E-state index contributed by atoms with van der Waals surface area (Å²) in [5.74, 6) is -0.196. The lowest BCUT2D eigenvalue weighted by atomic mass is 9.88. The molecule has 2 heterocycles. The minimum absolute atomic E-state index is 0.0350. The van der Waals surface area contributed by atoms with Crippen LogP contribution in [0.3, 0.4) is 0 Å². The van der Waals surface area contributed by atoms with Gasteiger partial charge < -0.3 is 20.6 Å². The Bertz CT molecular complexity index is 176. The van der Waals surface area contributed by atoms with Gasteiger partial charge in [0.05, 0.1) is 12.2 Å². The molecule has 5 atom stereocenters. The predicted octanol–water partition coefficient (Wildman–Crippen LogP) is -1.55. The Morgan fingerprint density at radius 3 is 2.42 bits per heavy atom. The van der Waals surface area contributed by atoms with E-state index in [0.717, 1.165) is 12.8 Å². The van der Waals surface area contributed by atoms with E-state index in [1.165, 1.54) is 0 Å². The van der Waals surface area contributed by atoms with Crippen molar-refractivity contribution >= 4 is 0 Å². The Balaban J connectivity index is 2.14. The summed E-state index contributed by atoms with van der Waals surface area (Å²) in [5, 5.41) is 31.3. The van der Waals surface area contributed by atoms with Crippen LogP contribution in [0.15, 0.2) is 0 Å². The SMILES string of the molecule is OC[C@@H]1[C@@H](O)[C@H](O)[C@@H]2CC[C@H]1N2. The first kappa shape index (κ1) is 8.44. The summed E-state index contributed by atoms with van der Waals surface area (Å²) in [4.78, 5) is 0. The molecule has 2 fully saturated rings. The van der Waals surface area contributed by atoms with Crippen molar-refractivity contribution in [2.24, 2.45) is 5.92 Å². The Hall–Kier alpha value is -0.160. The standard InChI is InChI=1S/C8H15NO3/c10-3-4-5-1-2-6(9-5)8(12)7(4)11/h4-12H,1-3H2/t4-,5+,6-,7+,8+/m0/s1. The molecule has 0 saturated carbocycles. The van der Waals surface area contributed by atoms with E-state index in [0.29, 0.717) is 0 Å². The highest BCUT2D eigenvalue weighted by Crippen LogP contribution is 2.31. The molecule has 2 rings (SSSR count). The average molecular weight is 173 g/mol. The third kappa shape index (κ3) is 1.07. The maximum Gasteiger partial charge on any atom is 0.0955 e. The summed E-state index contributed by atoms with van der Waals surface area (Å²) >= 11 is 0. The zero-order valence-electron chi connectivity index (χ0n) is 6.85. The lowest BCUT2D eigenvalue weighted by Crippen LogP contribution is -2.58. The summed E-state index contributed by atoms with van der Waals surface area (Å²) in [6.45, 7) is -0.0530. The highest BCUT2D eigenvalue weighted by atomic mass is 16.3. The van der Waals surface area contributed by atoms with Gasteiger partial charge in [-0.15, -0.1) is 0 Å². The van der Waals surface area contributed by atoms with Gasteiger partial charge in [-0.3, -0.25) is 0 Å². The topological polar surface area (TPSA) is 72.7 Å². The van der Waals surface area contributed by atoms with Crippen LogP contribution in [0.5, 0.6) is 0 Å². The third-order valence-corrected chi connectivity index (χ3v) is 3.15. The minimum atomic E-state index is -0.756. The molecule has 4 heteroatoms. The van der Waals surface area contributed by atoms with E-state index in [-0.39, 0.29) is 24.6 Å². The second-order valence-electron chi connectivity index (χ2n) is 3.78. The van der Waals surface area contributed by atoms with Crippen molar-refractivity contribution in [2.45, 2.75) is 37.1 Å². The van der Waals surface area contributed by atoms with Gasteiger partial charge in [-0.1, -0.05) is 0 Å². The van der Waals surface area contributed by atoms with Crippen molar-refractivity contribution in [3.05, 3.63) is 0 Å². The highest BCUT2D eigenvalue weighted by Gasteiger charge is 2.46. The summed E-state index contributed by atoms with van der Waals surface area (Å²) in [6, 6.07) is 0.228. The van der Waals surface area contributed by atoms with Gasteiger partial charge in [-0.2, -0.15) is 0 Å². The Morgan fingerprint density at radius 1 is 1.08 bits per heavy atom. The van der Waals surface area contributed by atoms with Gasteiger partial charge in [0, 0.05) is 24.6 Å². The first-order valence-corrected chi connectivity index (χ1v) is 4.47. The van der Waals surface area contributed by atoms with Crippen LogP contribution in [-0.2, 0) is 0 Å². The maximum atomic E-state index is 9.57. The van der Waals surface area contributed by atoms with Crippen molar-refractivity contribution in [2.75, 3.05) is 6.61 Å². The van der Waals surface area contributed by atoms with Gasteiger partial charge in [0.25, 0.3) is 0 Å². The van der Waals surface area contributed by atoms with Crippen molar-refractivity contribution < 1.29 is 15.3 Å².